The van der Waals surface area contributed by atoms with Gasteiger partial charge in [0.05, 0.1) is 0 Å². The smallest absolute Gasteiger partial charge is 0.319 e. The summed E-state index contributed by atoms with van der Waals surface area (Å²) in [5.41, 5.74) is 0. The Labute approximate surface area is 99.8 Å². The Morgan fingerprint density at radius 2 is 1.88 bits per heavy atom. The van der Waals surface area contributed by atoms with E-state index in [1.54, 1.807) is 0 Å². The molecule has 1 aliphatic rings. The van der Waals surface area contributed by atoms with Crippen molar-refractivity contribution in [3.05, 3.63) is 0 Å². The molecule has 16 heavy (non-hydrogen) atoms. The first-order valence-electron chi connectivity index (χ1n) is 6.72. The molecule has 0 spiro atoms. The summed E-state index contributed by atoms with van der Waals surface area (Å²) >= 11 is 0. The minimum atomic E-state index is 0.252. The molecule has 3 heteroatoms. The number of urea groups is 1. The quantitative estimate of drug-likeness (QED) is 0.723. The summed E-state index contributed by atoms with van der Waals surface area (Å²) in [7, 11) is 0. The van der Waals surface area contributed by atoms with Gasteiger partial charge in [-0.3, -0.25) is 0 Å². The van der Waals surface area contributed by atoms with Crippen molar-refractivity contribution in [2.45, 2.75) is 46.5 Å². The van der Waals surface area contributed by atoms with Crippen molar-refractivity contribution < 1.29 is 4.79 Å². The van der Waals surface area contributed by atoms with E-state index >= 15 is 0 Å². The molecule has 3 nitrogen and oxygen atoms in total. The van der Waals surface area contributed by atoms with E-state index in [-0.39, 0.29) is 6.03 Å². The van der Waals surface area contributed by atoms with Gasteiger partial charge in [-0.25, -0.2) is 4.79 Å². The fourth-order valence-corrected chi connectivity index (χ4v) is 2.13. The van der Waals surface area contributed by atoms with Gasteiger partial charge in [-0.2, -0.15) is 0 Å². The molecular formula is C13H26N2O. The van der Waals surface area contributed by atoms with Crippen molar-refractivity contribution in [2.75, 3.05) is 26.2 Å². The number of carbonyl (C=O) groups is 1. The van der Waals surface area contributed by atoms with Crippen LogP contribution in [0.4, 0.5) is 4.79 Å². The van der Waals surface area contributed by atoms with Gasteiger partial charge >= 0.3 is 6.03 Å². The molecule has 1 fully saturated rings. The highest BCUT2D eigenvalue weighted by atomic mass is 16.2. The zero-order valence-electron chi connectivity index (χ0n) is 11.0. The summed E-state index contributed by atoms with van der Waals surface area (Å²) in [5, 5.41) is 0. The predicted molar refractivity (Wildman–Crippen MR) is 67.5 cm³/mol. The molecule has 0 saturated carbocycles. The Balaban J connectivity index is 2.47. The van der Waals surface area contributed by atoms with E-state index in [9.17, 15) is 4.79 Å². The number of rotatable bonds is 4. The van der Waals surface area contributed by atoms with Gasteiger partial charge in [0.15, 0.2) is 0 Å². The summed E-state index contributed by atoms with van der Waals surface area (Å²) in [6, 6.07) is 0.252. The number of nitrogens with zero attached hydrogens (tertiary/aromatic N) is 2. The maximum absolute atomic E-state index is 12.2. The summed E-state index contributed by atoms with van der Waals surface area (Å²) in [4.78, 5) is 16.3. The molecule has 0 aliphatic carbocycles. The number of amides is 2. The average Bonchev–Trinajstić information content (AvgIpc) is 2.35. The monoisotopic (exact) mass is 226 g/mol. The first-order chi connectivity index (χ1) is 7.69. The molecule has 0 N–H and O–H groups in total. The lowest BCUT2D eigenvalue weighted by molar-refractivity contribution is 0.139. The molecule has 94 valence electrons. The number of likely N-dealkylation sites (tertiary alicyclic amines) is 1. The van der Waals surface area contributed by atoms with Crippen LogP contribution < -0.4 is 0 Å². The lowest BCUT2D eigenvalue weighted by atomic mass is 10.1. The van der Waals surface area contributed by atoms with Gasteiger partial charge in [-0.1, -0.05) is 20.3 Å². The van der Waals surface area contributed by atoms with E-state index in [1.807, 2.05) is 9.80 Å². The summed E-state index contributed by atoms with van der Waals surface area (Å²) in [5.74, 6) is 0.605. The highest BCUT2D eigenvalue weighted by molar-refractivity contribution is 5.74. The molecule has 0 aromatic rings. The van der Waals surface area contributed by atoms with Crippen LogP contribution in [0.25, 0.3) is 0 Å². The number of hydrogen-bond donors (Lipinski definition) is 0. The van der Waals surface area contributed by atoms with Gasteiger partial charge in [0.2, 0.25) is 0 Å². The van der Waals surface area contributed by atoms with Crippen molar-refractivity contribution in [3.8, 4) is 0 Å². The van der Waals surface area contributed by atoms with E-state index in [0.29, 0.717) is 5.92 Å². The van der Waals surface area contributed by atoms with Crippen molar-refractivity contribution in [1.82, 2.24) is 9.80 Å². The molecular weight excluding hydrogens is 200 g/mol. The third-order valence-electron chi connectivity index (χ3n) is 3.51. The van der Waals surface area contributed by atoms with Gasteiger partial charge in [0, 0.05) is 26.2 Å². The minimum absolute atomic E-state index is 0.252. The second-order valence-corrected chi connectivity index (χ2v) is 4.88. The van der Waals surface area contributed by atoms with Gasteiger partial charge < -0.3 is 9.80 Å². The summed E-state index contributed by atoms with van der Waals surface area (Å²) < 4.78 is 0. The van der Waals surface area contributed by atoms with Crippen LogP contribution in [0.15, 0.2) is 0 Å². The van der Waals surface area contributed by atoms with Gasteiger partial charge in [0.1, 0.15) is 0 Å². The maximum Gasteiger partial charge on any atom is 0.319 e. The molecule has 1 unspecified atom stereocenters. The average molecular weight is 226 g/mol. The summed E-state index contributed by atoms with van der Waals surface area (Å²) in [6.45, 7) is 10.1. The molecule has 2 amide bonds. The van der Waals surface area contributed by atoms with Crippen molar-refractivity contribution in [1.29, 1.82) is 0 Å². The third kappa shape index (κ3) is 3.69. The molecule has 1 rings (SSSR count). The van der Waals surface area contributed by atoms with E-state index < -0.39 is 0 Å². The molecule has 0 aromatic carbocycles. The number of piperidine rings is 1. The van der Waals surface area contributed by atoms with E-state index in [4.69, 9.17) is 0 Å². The van der Waals surface area contributed by atoms with Crippen LogP contribution >= 0.6 is 0 Å². The SMILES string of the molecule is CCC(C)CN(CC)C(=O)N1CCCCC1. The molecule has 0 aromatic heterocycles. The van der Waals surface area contributed by atoms with Gasteiger partial charge in [-0.05, 0) is 32.1 Å². The fourth-order valence-electron chi connectivity index (χ4n) is 2.13. The molecule has 1 atom stereocenters. The molecule has 0 radical (unpaired) electrons. The molecule has 1 aliphatic heterocycles. The topological polar surface area (TPSA) is 23.6 Å². The Kier molecular flexibility index (Phi) is 5.64. The highest BCUT2D eigenvalue weighted by Crippen LogP contribution is 2.13. The first kappa shape index (κ1) is 13.3. The van der Waals surface area contributed by atoms with E-state index in [0.717, 1.165) is 32.6 Å². The second kappa shape index (κ2) is 6.77. The van der Waals surface area contributed by atoms with Crippen LogP contribution in [0, 0.1) is 5.92 Å². The van der Waals surface area contributed by atoms with E-state index in [1.165, 1.54) is 19.3 Å². The normalized spacial score (nSPS) is 18.3. The Bertz CT molecular complexity index is 212. The standard InChI is InChI=1S/C13H26N2O/c1-4-12(3)11-14(5-2)13(16)15-9-7-6-8-10-15/h12H,4-11H2,1-3H3. The molecule has 1 heterocycles. The zero-order valence-corrected chi connectivity index (χ0v) is 11.0. The largest absolute Gasteiger partial charge is 0.325 e. The second-order valence-electron chi connectivity index (χ2n) is 4.88. The van der Waals surface area contributed by atoms with Crippen molar-refractivity contribution in [3.63, 3.8) is 0 Å². The molecule has 1 saturated heterocycles. The van der Waals surface area contributed by atoms with Crippen LogP contribution in [-0.2, 0) is 0 Å². The van der Waals surface area contributed by atoms with Crippen LogP contribution in [0.3, 0.4) is 0 Å². The Morgan fingerprint density at radius 1 is 1.25 bits per heavy atom. The van der Waals surface area contributed by atoms with Gasteiger partial charge in [0.25, 0.3) is 0 Å². The minimum Gasteiger partial charge on any atom is -0.325 e. The Morgan fingerprint density at radius 3 is 2.38 bits per heavy atom. The lowest BCUT2D eigenvalue weighted by Crippen LogP contribution is -2.46. The highest BCUT2D eigenvalue weighted by Gasteiger charge is 2.22. The fraction of sp³-hybridized carbons (Fsp3) is 0.923. The van der Waals surface area contributed by atoms with Crippen LogP contribution in [-0.4, -0.2) is 42.0 Å². The lowest BCUT2D eigenvalue weighted by Gasteiger charge is -2.33. The summed E-state index contributed by atoms with van der Waals surface area (Å²) in [6.07, 6.45) is 4.77. The van der Waals surface area contributed by atoms with Crippen LogP contribution in [0.2, 0.25) is 0 Å². The van der Waals surface area contributed by atoms with Crippen LogP contribution in [0.5, 0.6) is 0 Å². The third-order valence-corrected chi connectivity index (χ3v) is 3.51. The van der Waals surface area contributed by atoms with Crippen molar-refractivity contribution >= 4 is 6.03 Å². The predicted octanol–water partition coefficient (Wildman–Crippen LogP) is 2.96. The Hall–Kier alpha value is -0.730. The number of hydrogen-bond acceptors (Lipinski definition) is 1. The van der Waals surface area contributed by atoms with Gasteiger partial charge in [-0.15, -0.1) is 0 Å². The van der Waals surface area contributed by atoms with Crippen LogP contribution in [0.1, 0.15) is 46.5 Å². The molecule has 0 bridgehead atoms. The zero-order chi connectivity index (χ0) is 12.0. The first-order valence-corrected chi connectivity index (χ1v) is 6.72. The maximum atomic E-state index is 12.2. The van der Waals surface area contributed by atoms with E-state index in [2.05, 4.69) is 20.8 Å². The number of carbonyl (C=O) groups excluding carboxylic acids is 1. The van der Waals surface area contributed by atoms with Crippen molar-refractivity contribution in [2.24, 2.45) is 5.92 Å².